The molecule has 2 rings (SSSR count). The number of morpholine rings is 1. The van der Waals surface area contributed by atoms with E-state index in [0.29, 0.717) is 19.8 Å². The van der Waals surface area contributed by atoms with Crippen LogP contribution in [0.25, 0.3) is 0 Å². The third-order valence-electron chi connectivity index (χ3n) is 3.14. The molecule has 1 atom stereocenters. The van der Waals surface area contributed by atoms with E-state index in [2.05, 4.69) is 16.0 Å². The molecule has 0 aliphatic carbocycles. The van der Waals surface area contributed by atoms with Gasteiger partial charge in [0, 0.05) is 19.6 Å². The quantitative estimate of drug-likeness (QED) is 0.665. The molecule has 0 radical (unpaired) electrons. The van der Waals surface area contributed by atoms with E-state index in [1.807, 2.05) is 0 Å². The largest absolute Gasteiger partial charge is 0.378 e. The summed E-state index contributed by atoms with van der Waals surface area (Å²) in [7, 11) is 0. The Balaban J connectivity index is 0.00000264. The summed E-state index contributed by atoms with van der Waals surface area (Å²) in [5.74, 6) is -2.95. The average Bonchev–Trinajstić information content (AvgIpc) is 2.52. The standard InChI is InChI=1S/C14H17F2N3O3.ClH/c15-9-2-1-3-10(16)12(9)14(21)19-5-4-18-13(20)11-8-22-7-6-17-11;/h1-3,11,17H,4-8H2,(H,18,20)(H,19,21);1H. The van der Waals surface area contributed by atoms with Crippen molar-refractivity contribution < 1.29 is 23.1 Å². The van der Waals surface area contributed by atoms with Crippen molar-refractivity contribution in [1.82, 2.24) is 16.0 Å². The molecule has 1 unspecified atom stereocenters. The van der Waals surface area contributed by atoms with Crippen LogP contribution in [0.2, 0.25) is 0 Å². The van der Waals surface area contributed by atoms with E-state index in [1.165, 1.54) is 6.07 Å². The van der Waals surface area contributed by atoms with Crippen molar-refractivity contribution in [2.45, 2.75) is 6.04 Å². The number of hydrogen-bond donors (Lipinski definition) is 3. The molecule has 128 valence electrons. The van der Waals surface area contributed by atoms with Crippen LogP contribution in [-0.2, 0) is 9.53 Å². The molecule has 1 aromatic carbocycles. The van der Waals surface area contributed by atoms with Gasteiger partial charge in [0.05, 0.1) is 13.2 Å². The number of halogens is 3. The lowest BCUT2D eigenvalue weighted by molar-refractivity contribution is -0.125. The number of benzene rings is 1. The molecule has 0 saturated carbocycles. The number of amides is 2. The Kier molecular flexibility index (Phi) is 7.87. The number of carbonyl (C=O) groups excluding carboxylic acids is 2. The molecule has 1 saturated heterocycles. The van der Waals surface area contributed by atoms with Gasteiger partial charge in [-0.3, -0.25) is 9.59 Å². The second kappa shape index (κ2) is 9.39. The Labute approximate surface area is 138 Å². The minimum absolute atomic E-state index is 0. The number of nitrogens with one attached hydrogen (secondary N) is 3. The maximum absolute atomic E-state index is 13.4. The Morgan fingerprint density at radius 1 is 1.22 bits per heavy atom. The SMILES string of the molecule is Cl.O=C(NCCNC(=O)C1COCCN1)c1c(F)cccc1F. The van der Waals surface area contributed by atoms with E-state index in [-0.39, 0.29) is 31.4 Å². The van der Waals surface area contributed by atoms with E-state index in [4.69, 9.17) is 4.74 Å². The Hall–Kier alpha value is -1.77. The van der Waals surface area contributed by atoms with Crippen molar-refractivity contribution in [1.29, 1.82) is 0 Å². The van der Waals surface area contributed by atoms with Gasteiger partial charge in [0.1, 0.15) is 23.2 Å². The summed E-state index contributed by atoms with van der Waals surface area (Å²) >= 11 is 0. The zero-order valence-electron chi connectivity index (χ0n) is 12.2. The van der Waals surface area contributed by atoms with Gasteiger partial charge in [0.2, 0.25) is 5.91 Å². The Morgan fingerprint density at radius 2 is 1.87 bits per heavy atom. The third-order valence-corrected chi connectivity index (χ3v) is 3.14. The first-order valence-electron chi connectivity index (χ1n) is 6.90. The molecule has 0 spiro atoms. The molecule has 1 aliphatic rings. The van der Waals surface area contributed by atoms with Crippen LogP contribution in [0, 0.1) is 11.6 Å². The fraction of sp³-hybridized carbons (Fsp3) is 0.429. The molecule has 9 heteroatoms. The van der Waals surface area contributed by atoms with Gasteiger partial charge in [-0.2, -0.15) is 0 Å². The van der Waals surface area contributed by atoms with Crippen molar-refractivity contribution in [2.24, 2.45) is 0 Å². The summed E-state index contributed by atoms with van der Waals surface area (Å²) in [5, 5.41) is 7.94. The van der Waals surface area contributed by atoms with Crippen LogP contribution in [0.1, 0.15) is 10.4 Å². The van der Waals surface area contributed by atoms with Crippen molar-refractivity contribution in [2.75, 3.05) is 32.8 Å². The normalized spacial score (nSPS) is 17.0. The Bertz CT molecular complexity index is 534. The predicted molar refractivity (Wildman–Crippen MR) is 81.6 cm³/mol. The lowest BCUT2D eigenvalue weighted by atomic mass is 10.2. The van der Waals surface area contributed by atoms with Crippen LogP contribution in [0.5, 0.6) is 0 Å². The van der Waals surface area contributed by atoms with Crippen LogP contribution >= 0.6 is 12.4 Å². The van der Waals surface area contributed by atoms with Crippen LogP contribution in [0.3, 0.4) is 0 Å². The predicted octanol–water partition coefficient (Wildman–Crippen LogP) is 0.221. The van der Waals surface area contributed by atoms with Gasteiger partial charge in [-0.1, -0.05) is 6.07 Å². The van der Waals surface area contributed by atoms with Crippen LogP contribution in [0.15, 0.2) is 18.2 Å². The molecule has 1 heterocycles. The maximum Gasteiger partial charge on any atom is 0.257 e. The highest BCUT2D eigenvalue weighted by atomic mass is 35.5. The van der Waals surface area contributed by atoms with Crippen molar-refractivity contribution >= 4 is 24.2 Å². The van der Waals surface area contributed by atoms with Gasteiger partial charge in [-0.15, -0.1) is 12.4 Å². The summed E-state index contributed by atoms with van der Waals surface area (Å²) in [6.45, 7) is 1.67. The van der Waals surface area contributed by atoms with Gasteiger partial charge >= 0.3 is 0 Å². The first-order valence-corrected chi connectivity index (χ1v) is 6.90. The highest BCUT2D eigenvalue weighted by Crippen LogP contribution is 2.11. The zero-order valence-corrected chi connectivity index (χ0v) is 13.1. The molecule has 23 heavy (non-hydrogen) atoms. The highest BCUT2D eigenvalue weighted by Gasteiger charge is 2.21. The van der Waals surface area contributed by atoms with Crippen molar-refractivity contribution in [3.63, 3.8) is 0 Å². The number of ether oxygens (including phenoxy) is 1. The van der Waals surface area contributed by atoms with Gasteiger partial charge in [-0.25, -0.2) is 8.78 Å². The fourth-order valence-electron chi connectivity index (χ4n) is 2.02. The van der Waals surface area contributed by atoms with Gasteiger partial charge < -0.3 is 20.7 Å². The summed E-state index contributed by atoms with van der Waals surface area (Å²) in [6.07, 6.45) is 0. The summed E-state index contributed by atoms with van der Waals surface area (Å²) in [6, 6.07) is 2.78. The van der Waals surface area contributed by atoms with Crippen LogP contribution in [-0.4, -0.2) is 50.7 Å². The van der Waals surface area contributed by atoms with Crippen LogP contribution in [0.4, 0.5) is 8.78 Å². The van der Waals surface area contributed by atoms with E-state index in [1.54, 1.807) is 0 Å². The molecule has 0 aromatic heterocycles. The van der Waals surface area contributed by atoms with E-state index >= 15 is 0 Å². The average molecular weight is 350 g/mol. The minimum Gasteiger partial charge on any atom is -0.378 e. The van der Waals surface area contributed by atoms with E-state index in [9.17, 15) is 18.4 Å². The topological polar surface area (TPSA) is 79.5 Å². The second-order valence-corrected chi connectivity index (χ2v) is 4.73. The fourth-order valence-corrected chi connectivity index (χ4v) is 2.02. The van der Waals surface area contributed by atoms with Crippen molar-refractivity contribution in [3.05, 3.63) is 35.4 Å². The minimum atomic E-state index is -0.926. The van der Waals surface area contributed by atoms with Gasteiger partial charge in [0.15, 0.2) is 0 Å². The molecular formula is C14H18ClF2N3O3. The second-order valence-electron chi connectivity index (χ2n) is 4.73. The molecule has 6 nitrogen and oxygen atoms in total. The highest BCUT2D eigenvalue weighted by molar-refractivity contribution is 5.94. The lowest BCUT2D eigenvalue weighted by Gasteiger charge is -2.22. The monoisotopic (exact) mass is 349 g/mol. The van der Waals surface area contributed by atoms with Crippen LogP contribution < -0.4 is 16.0 Å². The van der Waals surface area contributed by atoms with E-state index < -0.39 is 29.1 Å². The maximum atomic E-state index is 13.4. The third kappa shape index (κ3) is 5.42. The first-order chi connectivity index (χ1) is 10.6. The molecular weight excluding hydrogens is 332 g/mol. The Morgan fingerprint density at radius 3 is 2.48 bits per heavy atom. The number of rotatable bonds is 5. The molecule has 2 amide bonds. The first kappa shape index (κ1) is 19.3. The molecule has 3 N–H and O–H groups in total. The van der Waals surface area contributed by atoms with E-state index in [0.717, 1.165) is 12.1 Å². The zero-order chi connectivity index (χ0) is 15.9. The molecule has 1 aromatic rings. The van der Waals surface area contributed by atoms with Gasteiger partial charge in [-0.05, 0) is 12.1 Å². The number of hydrogen-bond acceptors (Lipinski definition) is 4. The lowest BCUT2D eigenvalue weighted by Crippen LogP contribution is -2.52. The smallest absolute Gasteiger partial charge is 0.257 e. The number of carbonyl (C=O) groups is 2. The molecule has 0 bridgehead atoms. The summed E-state index contributed by atoms with van der Waals surface area (Å²) < 4.78 is 31.9. The molecule has 1 aliphatic heterocycles. The summed E-state index contributed by atoms with van der Waals surface area (Å²) in [4.78, 5) is 23.4. The van der Waals surface area contributed by atoms with Gasteiger partial charge in [0.25, 0.3) is 5.91 Å². The summed E-state index contributed by atoms with van der Waals surface area (Å²) in [5.41, 5.74) is -0.629. The molecule has 1 fully saturated rings. The van der Waals surface area contributed by atoms with Crippen molar-refractivity contribution in [3.8, 4) is 0 Å².